The Kier molecular flexibility index (Phi) is 6.03. The molecule has 20 heavy (non-hydrogen) atoms. The maximum Gasteiger partial charge on any atom is 0.118 e. The minimum absolute atomic E-state index is 0.103. The first-order chi connectivity index (χ1) is 9.22. The van der Waals surface area contributed by atoms with Crippen molar-refractivity contribution in [3.05, 3.63) is 29.8 Å². The van der Waals surface area contributed by atoms with Gasteiger partial charge in [0.1, 0.15) is 5.75 Å². The van der Waals surface area contributed by atoms with E-state index >= 15 is 0 Å². The number of aliphatic hydroxyl groups is 1. The molecule has 0 aromatic heterocycles. The van der Waals surface area contributed by atoms with E-state index in [2.05, 4.69) is 38.2 Å². The fourth-order valence-corrected chi connectivity index (χ4v) is 2.04. The number of methoxy groups -OCH3 is 1. The van der Waals surface area contributed by atoms with Crippen LogP contribution in [0.2, 0.25) is 0 Å². The molecular formula is C17H29NO2. The lowest BCUT2D eigenvalue weighted by atomic mass is 9.93. The zero-order valence-electron chi connectivity index (χ0n) is 13.5. The summed E-state index contributed by atoms with van der Waals surface area (Å²) in [6.45, 7) is 9.16. The third-order valence-corrected chi connectivity index (χ3v) is 3.43. The van der Waals surface area contributed by atoms with Gasteiger partial charge in [0.05, 0.1) is 12.7 Å². The van der Waals surface area contributed by atoms with Crippen LogP contribution in [-0.2, 0) is 6.42 Å². The molecule has 114 valence electrons. The van der Waals surface area contributed by atoms with Gasteiger partial charge >= 0.3 is 0 Å². The summed E-state index contributed by atoms with van der Waals surface area (Å²) in [6, 6.07) is 8.04. The minimum Gasteiger partial charge on any atom is -0.497 e. The lowest BCUT2D eigenvalue weighted by Gasteiger charge is -2.27. The third kappa shape index (κ3) is 6.92. The smallest absolute Gasteiger partial charge is 0.118 e. The number of benzene rings is 1. The molecule has 3 heteroatoms. The van der Waals surface area contributed by atoms with Gasteiger partial charge in [-0.1, -0.05) is 12.1 Å². The van der Waals surface area contributed by atoms with E-state index in [1.165, 1.54) is 5.56 Å². The Hall–Kier alpha value is -1.06. The maximum atomic E-state index is 10.4. The van der Waals surface area contributed by atoms with E-state index in [0.29, 0.717) is 0 Å². The number of hydrogen-bond donors (Lipinski definition) is 2. The monoisotopic (exact) mass is 279 g/mol. The van der Waals surface area contributed by atoms with Crippen molar-refractivity contribution in [2.45, 2.75) is 58.1 Å². The van der Waals surface area contributed by atoms with Crippen molar-refractivity contribution in [3.63, 3.8) is 0 Å². The Balaban J connectivity index is 2.37. The molecule has 0 heterocycles. The molecule has 1 aromatic carbocycles. The van der Waals surface area contributed by atoms with Gasteiger partial charge in [0, 0.05) is 5.54 Å². The van der Waals surface area contributed by atoms with Crippen LogP contribution in [0.1, 0.15) is 46.1 Å². The lowest BCUT2D eigenvalue weighted by molar-refractivity contribution is 0.0411. The van der Waals surface area contributed by atoms with Crippen LogP contribution in [0.25, 0.3) is 0 Å². The zero-order chi connectivity index (χ0) is 15.2. The van der Waals surface area contributed by atoms with Crippen LogP contribution in [0.15, 0.2) is 24.3 Å². The molecular weight excluding hydrogens is 250 g/mol. The van der Waals surface area contributed by atoms with Crippen molar-refractivity contribution in [2.24, 2.45) is 0 Å². The average Bonchev–Trinajstić information content (AvgIpc) is 2.35. The van der Waals surface area contributed by atoms with Crippen molar-refractivity contribution >= 4 is 0 Å². The predicted molar refractivity (Wildman–Crippen MR) is 84.3 cm³/mol. The van der Waals surface area contributed by atoms with Gasteiger partial charge in [-0.2, -0.15) is 0 Å². The van der Waals surface area contributed by atoms with Crippen molar-refractivity contribution in [1.29, 1.82) is 0 Å². The van der Waals surface area contributed by atoms with Crippen LogP contribution in [0.3, 0.4) is 0 Å². The van der Waals surface area contributed by atoms with Crippen LogP contribution in [-0.4, -0.2) is 29.9 Å². The van der Waals surface area contributed by atoms with Crippen LogP contribution in [0.4, 0.5) is 0 Å². The molecule has 0 aliphatic rings. The van der Waals surface area contributed by atoms with Gasteiger partial charge in [0.2, 0.25) is 0 Å². The Morgan fingerprint density at radius 1 is 1.05 bits per heavy atom. The largest absolute Gasteiger partial charge is 0.497 e. The molecule has 0 fully saturated rings. The second-order valence-corrected chi connectivity index (χ2v) is 6.77. The first-order valence-electron chi connectivity index (χ1n) is 7.32. The number of aryl methyl sites for hydroxylation is 1. The third-order valence-electron chi connectivity index (χ3n) is 3.43. The lowest BCUT2D eigenvalue weighted by Crippen LogP contribution is -2.39. The molecule has 1 aromatic rings. The molecule has 0 aliphatic heterocycles. The average molecular weight is 279 g/mol. The highest BCUT2D eigenvalue weighted by Gasteiger charge is 2.20. The summed E-state index contributed by atoms with van der Waals surface area (Å²) in [5.74, 6) is 0.870. The summed E-state index contributed by atoms with van der Waals surface area (Å²) < 4.78 is 5.14. The molecule has 0 saturated carbocycles. The highest BCUT2D eigenvalue weighted by Crippen LogP contribution is 2.19. The SMILES string of the molecule is COc1ccc(CCC(C)(O)CCNC(C)(C)C)cc1. The molecule has 2 N–H and O–H groups in total. The van der Waals surface area contributed by atoms with Crippen molar-refractivity contribution in [1.82, 2.24) is 5.32 Å². The Morgan fingerprint density at radius 2 is 1.65 bits per heavy atom. The number of nitrogens with one attached hydrogen (secondary N) is 1. The van der Waals surface area contributed by atoms with Crippen molar-refractivity contribution < 1.29 is 9.84 Å². The highest BCUT2D eigenvalue weighted by atomic mass is 16.5. The van der Waals surface area contributed by atoms with Crippen LogP contribution in [0.5, 0.6) is 5.75 Å². The van der Waals surface area contributed by atoms with E-state index in [1.54, 1.807) is 7.11 Å². The van der Waals surface area contributed by atoms with Crippen LogP contribution < -0.4 is 10.1 Å². The molecule has 0 amide bonds. The molecule has 0 spiro atoms. The molecule has 0 bridgehead atoms. The highest BCUT2D eigenvalue weighted by molar-refractivity contribution is 5.27. The van der Waals surface area contributed by atoms with Gasteiger partial charge in [-0.3, -0.25) is 0 Å². The number of ether oxygens (including phenoxy) is 1. The topological polar surface area (TPSA) is 41.5 Å². The van der Waals surface area contributed by atoms with Gasteiger partial charge in [0.15, 0.2) is 0 Å². The summed E-state index contributed by atoms with van der Waals surface area (Å²) >= 11 is 0. The van der Waals surface area contributed by atoms with Gasteiger partial charge < -0.3 is 15.2 Å². The number of hydrogen-bond acceptors (Lipinski definition) is 3. The van der Waals surface area contributed by atoms with Crippen molar-refractivity contribution in [2.75, 3.05) is 13.7 Å². The zero-order valence-corrected chi connectivity index (χ0v) is 13.5. The molecule has 1 unspecified atom stereocenters. The standard InChI is InChI=1S/C17H29NO2/c1-16(2,3)18-13-12-17(4,19)11-10-14-6-8-15(20-5)9-7-14/h6-9,18-19H,10-13H2,1-5H3. The van der Waals surface area contributed by atoms with E-state index in [0.717, 1.165) is 31.6 Å². The molecule has 1 rings (SSSR count). The summed E-state index contributed by atoms with van der Waals surface area (Å²) in [4.78, 5) is 0. The summed E-state index contributed by atoms with van der Waals surface area (Å²) in [5, 5.41) is 13.8. The summed E-state index contributed by atoms with van der Waals surface area (Å²) in [6.07, 6.45) is 2.41. The van der Waals surface area contributed by atoms with Crippen LogP contribution in [0, 0.1) is 0 Å². The van der Waals surface area contributed by atoms with Gasteiger partial charge in [-0.05, 0) is 71.2 Å². The van der Waals surface area contributed by atoms with Gasteiger partial charge in [0.25, 0.3) is 0 Å². The van der Waals surface area contributed by atoms with E-state index in [9.17, 15) is 5.11 Å². The fourth-order valence-electron chi connectivity index (χ4n) is 2.04. The molecule has 3 nitrogen and oxygen atoms in total. The molecule has 0 aliphatic carbocycles. The fraction of sp³-hybridized carbons (Fsp3) is 0.647. The summed E-state index contributed by atoms with van der Waals surface area (Å²) in [7, 11) is 1.67. The minimum atomic E-state index is -0.627. The van der Waals surface area contributed by atoms with Gasteiger partial charge in [-0.15, -0.1) is 0 Å². The summed E-state index contributed by atoms with van der Waals surface area (Å²) in [5.41, 5.74) is 0.708. The van der Waals surface area contributed by atoms with Crippen LogP contribution >= 0.6 is 0 Å². The normalized spacial score (nSPS) is 14.9. The first kappa shape index (κ1) is 17.0. The van der Waals surface area contributed by atoms with E-state index < -0.39 is 5.60 Å². The Morgan fingerprint density at radius 3 is 2.15 bits per heavy atom. The second kappa shape index (κ2) is 7.09. The maximum absolute atomic E-state index is 10.4. The molecule has 1 atom stereocenters. The van der Waals surface area contributed by atoms with E-state index in [4.69, 9.17) is 4.74 Å². The van der Waals surface area contributed by atoms with Crippen molar-refractivity contribution in [3.8, 4) is 5.75 Å². The quantitative estimate of drug-likeness (QED) is 0.805. The molecule has 0 radical (unpaired) electrons. The predicted octanol–water partition coefficient (Wildman–Crippen LogP) is 3.16. The van der Waals surface area contributed by atoms with E-state index in [1.807, 2.05) is 19.1 Å². The molecule has 0 saturated heterocycles. The first-order valence-corrected chi connectivity index (χ1v) is 7.32. The van der Waals surface area contributed by atoms with E-state index in [-0.39, 0.29) is 5.54 Å². The Labute approximate surface area is 123 Å². The second-order valence-electron chi connectivity index (χ2n) is 6.77. The van der Waals surface area contributed by atoms with Gasteiger partial charge in [-0.25, -0.2) is 0 Å². The Bertz CT molecular complexity index is 390. The number of rotatable bonds is 7.